The second-order valence-electron chi connectivity index (χ2n) is 5.68. The number of rotatable bonds is 6. The molecule has 0 unspecified atom stereocenters. The lowest BCUT2D eigenvalue weighted by molar-refractivity contribution is -0.111. The molecule has 0 aliphatic rings. The second-order valence-corrected chi connectivity index (χ2v) is 5.68. The lowest BCUT2D eigenvalue weighted by Gasteiger charge is -2.05. The highest BCUT2D eigenvalue weighted by Crippen LogP contribution is 2.12. The maximum absolute atomic E-state index is 12.2. The second kappa shape index (κ2) is 7.94. The molecule has 3 rings (SSSR count). The zero-order chi connectivity index (χ0) is 18.4. The summed E-state index contributed by atoms with van der Waals surface area (Å²) < 4.78 is 3.37. The number of carbonyl (C=O) groups is 1. The zero-order valence-corrected chi connectivity index (χ0v) is 14.3. The summed E-state index contributed by atoms with van der Waals surface area (Å²) in [5.74, 6) is 0.308. The van der Waals surface area contributed by atoms with Crippen LogP contribution in [0.25, 0.3) is 11.8 Å². The Kier molecular flexibility index (Phi) is 5.25. The molecule has 7 nitrogen and oxygen atoms in total. The van der Waals surface area contributed by atoms with Gasteiger partial charge in [-0.25, -0.2) is 9.36 Å². The molecule has 1 aromatic carbocycles. The molecule has 7 heteroatoms. The minimum Gasteiger partial charge on any atom is -0.307 e. The lowest BCUT2D eigenvalue weighted by Crippen LogP contribution is -2.13. The van der Waals surface area contributed by atoms with Gasteiger partial charge in [0.1, 0.15) is 5.82 Å². The van der Waals surface area contributed by atoms with Crippen molar-refractivity contribution in [1.82, 2.24) is 19.6 Å². The molecule has 0 aliphatic heterocycles. The number of carbonyl (C=O) groups excluding carboxylic acids is 1. The van der Waals surface area contributed by atoms with Crippen molar-refractivity contribution < 1.29 is 4.79 Å². The highest BCUT2D eigenvalue weighted by atomic mass is 16.1. The third kappa shape index (κ3) is 4.24. The van der Waals surface area contributed by atoms with E-state index in [0.717, 1.165) is 16.9 Å². The van der Waals surface area contributed by atoms with Crippen molar-refractivity contribution >= 4 is 17.8 Å². The van der Waals surface area contributed by atoms with E-state index in [1.165, 1.54) is 6.08 Å². The maximum atomic E-state index is 12.2. The van der Waals surface area contributed by atoms with E-state index in [2.05, 4.69) is 21.6 Å². The molecule has 0 radical (unpaired) electrons. The lowest BCUT2D eigenvalue weighted by atomic mass is 10.3. The van der Waals surface area contributed by atoms with Gasteiger partial charge >= 0.3 is 0 Å². The third-order valence-electron chi connectivity index (χ3n) is 3.64. The first kappa shape index (κ1) is 17.2. The van der Waals surface area contributed by atoms with Gasteiger partial charge in [0, 0.05) is 23.9 Å². The van der Waals surface area contributed by atoms with Crippen LogP contribution >= 0.6 is 0 Å². The van der Waals surface area contributed by atoms with Gasteiger partial charge in [0.05, 0.1) is 36.6 Å². The number of aryl methyl sites for hydroxylation is 2. The monoisotopic (exact) mass is 346 g/mol. The van der Waals surface area contributed by atoms with E-state index >= 15 is 0 Å². The number of anilines is 1. The number of nitrogens with one attached hydrogen (secondary N) is 1. The van der Waals surface area contributed by atoms with Crippen molar-refractivity contribution in [3.8, 4) is 11.8 Å². The van der Waals surface area contributed by atoms with E-state index < -0.39 is 0 Å². The summed E-state index contributed by atoms with van der Waals surface area (Å²) in [4.78, 5) is 12.2. The first-order valence-electron chi connectivity index (χ1n) is 8.16. The molecule has 0 saturated carbocycles. The summed E-state index contributed by atoms with van der Waals surface area (Å²) in [5, 5.41) is 20.0. The Labute approximate surface area is 151 Å². The number of benzene rings is 1. The Balaban J connectivity index is 1.66. The molecule has 130 valence electrons. The number of para-hydroxylation sites is 1. The Hall–Kier alpha value is -3.66. The number of hydrogen-bond donors (Lipinski definition) is 1. The van der Waals surface area contributed by atoms with Gasteiger partial charge in [-0.3, -0.25) is 4.79 Å². The smallest absolute Gasteiger partial charge is 0.249 e. The molecule has 2 aromatic heterocycles. The normalized spacial score (nSPS) is 10.8. The predicted molar refractivity (Wildman–Crippen MR) is 98.4 cm³/mol. The molecule has 1 amide bonds. The van der Waals surface area contributed by atoms with Gasteiger partial charge in [-0.2, -0.15) is 15.5 Å². The predicted octanol–water partition coefficient (Wildman–Crippen LogP) is 2.94. The van der Waals surface area contributed by atoms with E-state index in [-0.39, 0.29) is 5.91 Å². The largest absolute Gasteiger partial charge is 0.307 e. The van der Waals surface area contributed by atoms with Crippen LogP contribution in [0.15, 0.2) is 54.9 Å². The highest BCUT2D eigenvalue weighted by molar-refractivity contribution is 6.01. The number of hydrogen-bond acceptors (Lipinski definition) is 4. The molecule has 2 heterocycles. The molecule has 0 aliphatic carbocycles. The minimum absolute atomic E-state index is 0.268. The van der Waals surface area contributed by atoms with Crippen LogP contribution in [0.5, 0.6) is 0 Å². The molecule has 26 heavy (non-hydrogen) atoms. The fourth-order valence-electron chi connectivity index (χ4n) is 2.46. The van der Waals surface area contributed by atoms with Gasteiger partial charge in [-0.15, -0.1) is 0 Å². The highest BCUT2D eigenvalue weighted by Gasteiger charge is 2.07. The number of aromatic nitrogens is 4. The van der Waals surface area contributed by atoms with Crippen LogP contribution in [-0.4, -0.2) is 25.5 Å². The summed E-state index contributed by atoms with van der Waals surface area (Å²) in [6.07, 6.45) is 7.02. The number of nitriles is 1. The van der Waals surface area contributed by atoms with Crippen molar-refractivity contribution in [2.45, 2.75) is 19.9 Å². The Morgan fingerprint density at radius 1 is 1.35 bits per heavy atom. The van der Waals surface area contributed by atoms with Gasteiger partial charge < -0.3 is 5.32 Å². The van der Waals surface area contributed by atoms with Crippen LogP contribution in [0.4, 0.5) is 5.82 Å². The average Bonchev–Trinajstić information content (AvgIpc) is 3.25. The molecule has 3 aromatic rings. The minimum atomic E-state index is -0.268. The van der Waals surface area contributed by atoms with E-state index in [4.69, 9.17) is 5.26 Å². The van der Waals surface area contributed by atoms with Crippen molar-refractivity contribution in [2.75, 3.05) is 5.32 Å². The summed E-state index contributed by atoms with van der Waals surface area (Å²) in [5.41, 5.74) is 2.55. The standard InChI is InChI=1S/C19H18N6O/c1-15-12-18(24(23-15)11-5-10-20)22-19(26)9-8-16-13-21-25(14-16)17-6-3-2-4-7-17/h2-4,6-9,12-14H,5,11H2,1H3,(H,22,26)/b9-8-. The SMILES string of the molecule is Cc1cc(NC(=O)/C=C\c2cnn(-c3ccccc3)c2)n(CCC#N)n1. The van der Waals surface area contributed by atoms with Crippen molar-refractivity contribution in [3.63, 3.8) is 0 Å². The molecule has 0 atom stereocenters. The van der Waals surface area contributed by atoms with Gasteiger partial charge in [-0.1, -0.05) is 18.2 Å². The molecule has 0 spiro atoms. The van der Waals surface area contributed by atoms with Gasteiger partial charge in [0.2, 0.25) is 5.91 Å². The Bertz CT molecular complexity index is 962. The van der Waals surface area contributed by atoms with Crippen LogP contribution in [-0.2, 0) is 11.3 Å². The van der Waals surface area contributed by atoms with Gasteiger partial charge in [-0.05, 0) is 25.1 Å². The van der Waals surface area contributed by atoms with Crippen LogP contribution in [0.3, 0.4) is 0 Å². The van der Waals surface area contributed by atoms with E-state index in [0.29, 0.717) is 18.8 Å². The quantitative estimate of drug-likeness (QED) is 0.695. The van der Waals surface area contributed by atoms with E-state index in [1.54, 1.807) is 27.7 Å². The van der Waals surface area contributed by atoms with E-state index in [9.17, 15) is 4.79 Å². The Morgan fingerprint density at radius 3 is 2.92 bits per heavy atom. The fraction of sp³-hybridized carbons (Fsp3) is 0.158. The van der Waals surface area contributed by atoms with Crippen molar-refractivity contribution in [1.29, 1.82) is 5.26 Å². The molecule has 1 N–H and O–H groups in total. The maximum Gasteiger partial charge on any atom is 0.249 e. The molecule has 0 fully saturated rings. The topological polar surface area (TPSA) is 88.5 Å². The first-order chi connectivity index (χ1) is 12.7. The van der Waals surface area contributed by atoms with Gasteiger partial charge in [0.25, 0.3) is 0 Å². The van der Waals surface area contributed by atoms with Crippen LogP contribution in [0, 0.1) is 18.3 Å². The molecule has 0 saturated heterocycles. The summed E-state index contributed by atoms with van der Waals surface area (Å²) in [6, 6.07) is 13.6. The molecule has 0 bridgehead atoms. The first-order valence-corrected chi connectivity index (χ1v) is 8.16. The average molecular weight is 346 g/mol. The molecular formula is C19H18N6O. The molecular weight excluding hydrogens is 328 g/mol. The third-order valence-corrected chi connectivity index (χ3v) is 3.64. The summed E-state index contributed by atoms with van der Waals surface area (Å²) >= 11 is 0. The van der Waals surface area contributed by atoms with Crippen LogP contribution in [0.1, 0.15) is 17.7 Å². The fourth-order valence-corrected chi connectivity index (χ4v) is 2.46. The van der Waals surface area contributed by atoms with E-state index in [1.807, 2.05) is 43.5 Å². The van der Waals surface area contributed by atoms with Crippen LogP contribution < -0.4 is 5.32 Å². The Morgan fingerprint density at radius 2 is 2.15 bits per heavy atom. The van der Waals surface area contributed by atoms with Crippen molar-refractivity contribution in [3.05, 3.63) is 66.1 Å². The van der Waals surface area contributed by atoms with Gasteiger partial charge in [0.15, 0.2) is 0 Å². The number of nitrogens with zero attached hydrogens (tertiary/aromatic N) is 5. The number of amides is 1. The van der Waals surface area contributed by atoms with Crippen LogP contribution in [0.2, 0.25) is 0 Å². The summed E-state index contributed by atoms with van der Waals surface area (Å²) in [7, 11) is 0. The van der Waals surface area contributed by atoms with Crippen molar-refractivity contribution in [2.24, 2.45) is 0 Å². The zero-order valence-electron chi connectivity index (χ0n) is 14.3. The summed E-state index contributed by atoms with van der Waals surface area (Å²) in [6.45, 7) is 2.28.